The van der Waals surface area contributed by atoms with Gasteiger partial charge in [0.1, 0.15) is 0 Å². The zero-order chi connectivity index (χ0) is 15.2. The Hall–Kier alpha value is -1.06. The lowest BCUT2D eigenvalue weighted by atomic mass is 10.00. The van der Waals surface area contributed by atoms with Crippen molar-refractivity contribution in [3.05, 3.63) is 29.8 Å². The van der Waals surface area contributed by atoms with E-state index in [1.165, 1.54) is 17.7 Å². The second-order valence-electron chi connectivity index (χ2n) is 6.48. The maximum absolute atomic E-state index is 9.62. The van der Waals surface area contributed by atoms with E-state index in [1.54, 1.807) is 0 Å². The van der Waals surface area contributed by atoms with Crippen LogP contribution in [0, 0.1) is 5.92 Å². The molecule has 1 aromatic carbocycles. The highest BCUT2D eigenvalue weighted by molar-refractivity contribution is 5.51. The lowest BCUT2D eigenvalue weighted by Gasteiger charge is -2.30. The summed E-state index contributed by atoms with van der Waals surface area (Å²) in [6.07, 6.45) is 2.90. The molecule has 0 bridgehead atoms. The average Bonchev–Trinajstić information content (AvgIpc) is 2.50. The summed E-state index contributed by atoms with van der Waals surface area (Å²) < 4.78 is 0. The molecule has 2 unspecified atom stereocenters. The van der Waals surface area contributed by atoms with Gasteiger partial charge in [-0.25, -0.2) is 0 Å². The number of nitrogens with zero attached hydrogens (tertiary/aromatic N) is 1. The van der Waals surface area contributed by atoms with E-state index in [-0.39, 0.29) is 6.10 Å². The zero-order valence-electron chi connectivity index (χ0n) is 13.7. The topological polar surface area (TPSA) is 35.5 Å². The van der Waals surface area contributed by atoms with Gasteiger partial charge in [-0.3, -0.25) is 4.90 Å². The number of piperidine rings is 1. The zero-order valence-corrected chi connectivity index (χ0v) is 13.7. The molecule has 3 heteroatoms. The van der Waals surface area contributed by atoms with Gasteiger partial charge in [0.05, 0.1) is 6.10 Å². The highest BCUT2D eigenvalue weighted by Gasteiger charge is 2.18. The number of anilines is 1. The molecule has 0 aliphatic carbocycles. The van der Waals surface area contributed by atoms with Crippen LogP contribution in [0.1, 0.15) is 45.6 Å². The van der Waals surface area contributed by atoms with E-state index < -0.39 is 0 Å². The predicted octanol–water partition coefficient (Wildman–Crippen LogP) is 3.49. The van der Waals surface area contributed by atoms with Crippen molar-refractivity contribution in [3.8, 4) is 0 Å². The summed E-state index contributed by atoms with van der Waals surface area (Å²) in [5, 5.41) is 13.3. The number of aliphatic hydroxyl groups excluding tert-OH is 1. The Bertz CT molecular complexity index is 427. The second kappa shape index (κ2) is 7.81. The summed E-state index contributed by atoms with van der Waals surface area (Å²) in [6.45, 7) is 9.78. The number of benzene rings is 1. The smallest absolute Gasteiger partial charge is 0.0564 e. The van der Waals surface area contributed by atoms with Gasteiger partial charge < -0.3 is 10.4 Å². The van der Waals surface area contributed by atoms with Crippen molar-refractivity contribution in [1.82, 2.24) is 4.90 Å². The molecule has 2 atom stereocenters. The molecule has 3 nitrogen and oxygen atoms in total. The second-order valence-corrected chi connectivity index (χ2v) is 6.48. The molecule has 2 N–H and O–H groups in total. The number of para-hydroxylation sites is 1. The highest BCUT2D eigenvalue weighted by Crippen LogP contribution is 2.22. The first kappa shape index (κ1) is 16.3. The largest absolute Gasteiger partial charge is 0.393 e. The van der Waals surface area contributed by atoms with Gasteiger partial charge in [-0.2, -0.15) is 0 Å². The Kier molecular flexibility index (Phi) is 6.07. The third kappa shape index (κ3) is 4.72. The summed E-state index contributed by atoms with van der Waals surface area (Å²) in [6, 6.07) is 9.12. The van der Waals surface area contributed by atoms with E-state index in [1.807, 2.05) is 0 Å². The molecule has 2 rings (SSSR count). The van der Waals surface area contributed by atoms with Gasteiger partial charge in [-0.1, -0.05) is 38.5 Å². The van der Waals surface area contributed by atoms with Gasteiger partial charge >= 0.3 is 0 Å². The fraction of sp³-hybridized carbons (Fsp3) is 0.667. The van der Waals surface area contributed by atoms with Crippen LogP contribution in [0.25, 0.3) is 0 Å². The quantitative estimate of drug-likeness (QED) is 0.842. The highest BCUT2D eigenvalue weighted by atomic mass is 16.3. The van der Waals surface area contributed by atoms with Crippen LogP contribution in [0.4, 0.5) is 5.69 Å². The van der Waals surface area contributed by atoms with Gasteiger partial charge in [-0.05, 0) is 37.3 Å². The lowest BCUT2D eigenvalue weighted by Crippen LogP contribution is -2.35. The average molecular weight is 290 g/mol. The van der Waals surface area contributed by atoms with Gasteiger partial charge in [0.15, 0.2) is 0 Å². The van der Waals surface area contributed by atoms with Crippen LogP contribution in [0.15, 0.2) is 24.3 Å². The Balaban J connectivity index is 1.99. The number of aliphatic hydroxyl groups is 1. The normalized spacial score (nSPS) is 20.2. The van der Waals surface area contributed by atoms with Gasteiger partial charge in [0.25, 0.3) is 0 Å². The number of likely N-dealkylation sites (tertiary alicyclic amines) is 1. The molecule has 21 heavy (non-hydrogen) atoms. The number of hydrogen-bond donors (Lipinski definition) is 2. The van der Waals surface area contributed by atoms with E-state index >= 15 is 0 Å². The summed E-state index contributed by atoms with van der Waals surface area (Å²) in [4.78, 5) is 2.45. The van der Waals surface area contributed by atoms with E-state index in [0.717, 1.165) is 32.5 Å². The molecule has 1 fully saturated rings. The minimum absolute atomic E-state index is 0.0972. The molecule has 1 saturated heterocycles. The predicted molar refractivity (Wildman–Crippen MR) is 89.5 cm³/mol. The Morgan fingerprint density at radius 2 is 1.90 bits per heavy atom. The molecule has 0 aromatic heterocycles. The molecular weight excluding hydrogens is 260 g/mol. The van der Waals surface area contributed by atoms with Crippen molar-refractivity contribution >= 4 is 5.69 Å². The SMILES string of the molecule is CCC(C)C(C)Nc1ccccc1CN1CCC(O)CC1. The molecule has 1 aliphatic rings. The van der Waals surface area contributed by atoms with E-state index in [0.29, 0.717) is 12.0 Å². The van der Waals surface area contributed by atoms with Crippen molar-refractivity contribution in [2.75, 3.05) is 18.4 Å². The van der Waals surface area contributed by atoms with Crippen LogP contribution in [0.3, 0.4) is 0 Å². The maximum Gasteiger partial charge on any atom is 0.0564 e. The molecule has 1 aromatic rings. The van der Waals surface area contributed by atoms with Gasteiger partial charge in [0, 0.05) is 31.4 Å². The monoisotopic (exact) mass is 290 g/mol. The first-order valence-corrected chi connectivity index (χ1v) is 8.35. The van der Waals surface area contributed by atoms with Gasteiger partial charge in [0.2, 0.25) is 0 Å². The Labute approximate surface area is 129 Å². The number of hydrogen-bond acceptors (Lipinski definition) is 3. The van der Waals surface area contributed by atoms with Crippen molar-refractivity contribution in [1.29, 1.82) is 0 Å². The van der Waals surface area contributed by atoms with Crippen LogP contribution in [0.5, 0.6) is 0 Å². The molecule has 0 radical (unpaired) electrons. The first-order valence-electron chi connectivity index (χ1n) is 8.35. The van der Waals surface area contributed by atoms with Crippen molar-refractivity contribution < 1.29 is 5.11 Å². The van der Waals surface area contributed by atoms with Gasteiger partial charge in [-0.15, -0.1) is 0 Å². The van der Waals surface area contributed by atoms with Crippen LogP contribution >= 0.6 is 0 Å². The van der Waals surface area contributed by atoms with Crippen LogP contribution in [-0.2, 0) is 6.54 Å². The van der Waals surface area contributed by atoms with Crippen molar-refractivity contribution in [3.63, 3.8) is 0 Å². The first-order chi connectivity index (χ1) is 10.1. The maximum atomic E-state index is 9.62. The number of nitrogens with one attached hydrogen (secondary N) is 1. The standard InChI is InChI=1S/C18H30N2O/c1-4-14(2)15(3)19-18-8-6-5-7-16(18)13-20-11-9-17(21)10-12-20/h5-8,14-15,17,19,21H,4,9-13H2,1-3H3. The third-order valence-electron chi connectivity index (χ3n) is 4.85. The summed E-state index contributed by atoms with van der Waals surface area (Å²) in [7, 11) is 0. The molecule has 118 valence electrons. The van der Waals surface area contributed by atoms with E-state index in [2.05, 4.69) is 55.3 Å². The molecule has 0 spiro atoms. The lowest BCUT2D eigenvalue weighted by molar-refractivity contribution is 0.0793. The Morgan fingerprint density at radius 3 is 2.57 bits per heavy atom. The number of rotatable bonds is 6. The Morgan fingerprint density at radius 1 is 1.24 bits per heavy atom. The molecule has 1 heterocycles. The van der Waals surface area contributed by atoms with Crippen molar-refractivity contribution in [2.24, 2.45) is 5.92 Å². The molecule has 1 aliphatic heterocycles. The third-order valence-corrected chi connectivity index (χ3v) is 4.85. The molecule has 0 amide bonds. The van der Waals surface area contributed by atoms with E-state index in [4.69, 9.17) is 0 Å². The van der Waals surface area contributed by atoms with Crippen LogP contribution < -0.4 is 5.32 Å². The minimum Gasteiger partial charge on any atom is -0.393 e. The van der Waals surface area contributed by atoms with Crippen molar-refractivity contribution in [2.45, 2.75) is 58.7 Å². The summed E-state index contributed by atoms with van der Waals surface area (Å²) >= 11 is 0. The van der Waals surface area contributed by atoms with Crippen LogP contribution in [-0.4, -0.2) is 35.2 Å². The molecule has 0 saturated carbocycles. The fourth-order valence-electron chi connectivity index (χ4n) is 2.86. The minimum atomic E-state index is -0.0972. The fourth-order valence-corrected chi connectivity index (χ4v) is 2.86. The molecular formula is C18H30N2O. The summed E-state index contributed by atoms with van der Waals surface area (Å²) in [5.41, 5.74) is 2.63. The summed E-state index contributed by atoms with van der Waals surface area (Å²) in [5.74, 6) is 0.670. The van der Waals surface area contributed by atoms with Crippen LogP contribution in [0.2, 0.25) is 0 Å². The van der Waals surface area contributed by atoms with E-state index in [9.17, 15) is 5.11 Å².